The van der Waals surface area contributed by atoms with E-state index in [1.54, 1.807) is 18.2 Å². The minimum Gasteiger partial charge on any atom is -0.507 e. The second-order valence-electron chi connectivity index (χ2n) is 7.62. The van der Waals surface area contributed by atoms with Crippen LogP contribution in [0.2, 0.25) is 0 Å². The van der Waals surface area contributed by atoms with Gasteiger partial charge >= 0.3 is 0 Å². The van der Waals surface area contributed by atoms with Crippen molar-refractivity contribution < 1.29 is 28.6 Å². The zero-order valence-electron chi connectivity index (χ0n) is 18.3. The van der Waals surface area contributed by atoms with E-state index in [4.69, 9.17) is 9.47 Å². The van der Waals surface area contributed by atoms with Crippen molar-refractivity contribution in [1.82, 2.24) is 4.90 Å². The number of ketones is 1. The number of aliphatic hydroxyl groups is 1. The van der Waals surface area contributed by atoms with Gasteiger partial charge in [0.25, 0.3) is 11.7 Å². The summed E-state index contributed by atoms with van der Waals surface area (Å²) < 4.78 is 24.3. The number of benzene rings is 2. The third-order valence-corrected chi connectivity index (χ3v) is 5.38. The predicted octanol–water partition coefficient (Wildman–Crippen LogP) is 4.46. The first-order valence-corrected chi connectivity index (χ1v) is 10.7. The highest BCUT2D eigenvalue weighted by Crippen LogP contribution is 2.40. The summed E-state index contributed by atoms with van der Waals surface area (Å²) in [5, 5.41) is 10.9. The lowest BCUT2D eigenvalue weighted by molar-refractivity contribution is -0.140. The Bertz CT molecular complexity index is 986. The third-order valence-electron chi connectivity index (χ3n) is 5.38. The van der Waals surface area contributed by atoms with Crippen molar-refractivity contribution in [3.05, 3.63) is 71.0 Å². The molecule has 1 atom stereocenters. The lowest BCUT2D eigenvalue weighted by Gasteiger charge is -2.25. The molecule has 1 aliphatic rings. The molecule has 1 amide bonds. The normalized spacial score (nSPS) is 17.7. The average molecular weight is 441 g/mol. The van der Waals surface area contributed by atoms with Crippen LogP contribution in [-0.4, -0.2) is 48.6 Å². The molecule has 3 rings (SSSR count). The van der Waals surface area contributed by atoms with E-state index >= 15 is 0 Å². The van der Waals surface area contributed by atoms with Crippen molar-refractivity contribution in [2.45, 2.75) is 32.2 Å². The van der Waals surface area contributed by atoms with Gasteiger partial charge in [-0.25, -0.2) is 4.39 Å². The van der Waals surface area contributed by atoms with E-state index in [1.807, 2.05) is 6.07 Å². The maximum atomic E-state index is 13.3. The van der Waals surface area contributed by atoms with Gasteiger partial charge in [-0.3, -0.25) is 9.59 Å². The lowest BCUT2D eigenvalue weighted by Crippen LogP contribution is -2.32. The quantitative estimate of drug-likeness (QED) is 0.255. The molecular weight excluding hydrogens is 413 g/mol. The molecule has 1 saturated heterocycles. The fourth-order valence-electron chi connectivity index (χ4n) is 3.73. The predicted molar refractivity (Wildman–Crippen MR) is 119 cm³/mol. The van der Waals surface area contributed by atoms with Gasteiger partial charge in [-0.1, -0.05) is 31.9 Å². The van der Waals surface area contributed by atoms with Crippen molar-refractivity contribution in [2.75, 3.05) is 26.9 Å². The molecule has 1 N–H and O–H groups in total. The van der Waals surface area contributed by atoms with Crippen LogP contribution >= 0.6 is 0 Å². The Hall–Kier alpha value is -3.19. The number of aliphatic hydroxyl groups excluding tert-OH is 1. The zero-order chi connectivity index (χ0) is 23.1. The number of methoxy groups -OCH3 is 1. The molecule has 0 aromatic heterocycles. The minimum atomic E-state index is -0.811. The number of Topliss-reactive ketones (excluding diaryl/α,β-unsaturated/α-hetero) is 1. The smallest absolute Gasteiger partial charge is 0.295 e. The second kappa shape index (κ2) is 10.9. The number of unbranched alkanes of at least 4 members (excludes halogenated alkanes) is 2. The fourth-order valence-corrected chi connectivity index (χ4v) is 3.73. The highest BCUT2D eigenvalue weighted by atomic mass is 19.1. The minimum absolute atomic E-state index is 0.0409. The van der Waals surface area contributed by atoms with Crippen LogP contribution in [0.1, 0.15) is 43.4 Å². The molecule has 0 saturated carbocycles. The molecule has 1 heterocycles. The van der Waals surface area contributed by atoms with Crippen molar-refractivity contribution in [2.24, 2.45) is 0 Å². The summed E-state index contributed by atoms with van der Waals surface area (Å²) in [6.07, 6.45) is 3.08. The zero-order valence-corrected chi connectivity index (χ0v) is 18.3. The summed E-state index contributed by atoms with van der Waals surface area (Å²) in [5.41, 5.74) is 0.853. The Balaban J connectivity index is 2.02. The Labute approximate surface area is 187 Å². The van der Waals surface area contributed by atoms with Crippen LogP contribution in [0.25, 0.3) is 5.76 Å². The monoisotopic (exact) mass is 441 g/mol. The molecule has 6 nitrogen and oxygen atoms in total. The highest BCUT2D eigenvalue weighted by molar-refractivity contribution is 6.46. The van der Waals surface area contributed by atoms with Gasteiger partial charge in [-0.2, -0.15) is 0 Å². The molecule has 0 spiro atoms. The number of ether oxygens (including phenoxy) is 2. The maximum Gasteiger partial charge on any atom is 0.295 e. The van der Waals surface area contributed by atoms with Gasteiger partial charge in [0.15, 0.2) is 0 Å². The number of hydrogen-bond donors (Lipinski definition) is 1. The topological polar surface area (TPSA) is 76.1 Å². The van der Waals surface area contributed by atoms with E-state index in [-0.39, 0.29) is 30.0 Å². The Morgan fingerprint density at radius 1 is 1.09 bits per heavy atom. The van der Waals surface area contributed by atoms with Gasteiger partial charge < -0.3 is 19.5 Å². The van der Waals surface area contributed by atoms with Crippen LogP contribution in [0.15, 0.2) is 54.1 Å². The lowest BCUT2D eigenvalue weighted by atomic mass is 9.95. The molecule has 1 aliphatic heterocycles. The van der Waals surface area contributed by atoms with E-state index in [0.29, 0.717) is 17.9 Å². The number of carbonyl (C=O) groups is 2. The standard InChI is InChI=1S/C25H28FNO5/c1-3-4-5-14-32-20-8-6-7-18(16-20)22-21(23(28)17-9-11-19(26)12-10-17)24(29)25(30)27(22)13-15-31-2/h6-12,16,22,28H,3-5,13-15H2,1-2H3/b23-21+. The number of likely N-dealkylation sites (tertiary alicyclic amines) is 1. The Morgan fingerprint density at radius 2 is 1.84 bits per heavy atom. The van der Waals surface area contributed by atoms with E-state index in [0.717, 1.165) is 19.3 Å². The van der Waals surface area contributed by atoms with Gasteiger partial charge in [0.05, 0.1) is 24.8 Å². The SMILES string of the molecule is CCCCCOc1cccc(C2/C(=C(\O)c3ccc(F)cc3)C(=O)C(=O)N2CCOC)c1. The first-order chi connectivity index (χ1) is 15.5. The summed E-state index contributed by atoms with van der Waals surface area (Å²) in [6.45, 7) is 3.09. The van der Waals surface area contributed by atoms with Crippen LogP contribution in [0, 0.1) is 5.82 Å². The van der Waals surface area contributed by atoms with Crippen LogP contribution in [0.3, 0.4) is 0 Å². The number of amides is 1. The molecule has 0 radical (unpaired) electrons. The van der Waals surface area contributed by atoms with Crippen LogP contribution < -0.4 is 4.74 Å². The highest BCUT2D eigenvalue weighted by Gasteiger charge is 2.46. The Morgan fingerprint density at radius 3 is 2.53 bits per heavy atom. The van der Waals surface area contributed by atoms with Crippen molar-refractivity contribution >= 4 is 17.4 Å². The van der Waals surface area contributed by atoms with Gasteiger partial charge in [0.2, 0.25) is 0 Å². The van der Waals surface area contributed by atoms with E-state index in [2.05, 4.69) is 6.92 Å². The fraction of sp³-hybridized carbons (Fsp3) is 0.360. The molecule has 170 valence electrons. The summed E-state index contributed by atoms with van der Waals surface area (Å²) in [4.78, 5) is 27.1. The molecule has 0 aliphatic carbocycles. The van der Waals surface area contributed by atoms with E-state index in [1.165, 1.54) is 36.3 Å². The van der Waals surface area contributed by atoms with E-state index < -0.39 is 23.5 Å². The molecule has 2 aromatic rings. The number of carbonyl (C=O) groups excluding carboxylic acids is 2. The van der Waals surface area contributed by atoms with Gasteiger partial charge in [0, 0.05) is 19.2 Å². The van der Waals surface area contributed by atoms with Gasteiger partial charge in [-0.15, -0.1) is 0 Å². The molecule has 1 unspecified atom stereocenters. The van der Waals surface area contributed by atoms with Crippen LogP contribution in [0.4, 0.5) is 4.39 Å². The van der Waals surface area contributed by atoms with Crippen LogP contribution in [-0.2, 0) is 14.3 Å². The van der Waals surface area contributed by atoms with Gasteiger partial charge in [-0.05, 0) is 48.4 Å². The molecule has 7 heteroatoms. The number of hydrogen-bond acceptors (Lipinski definition) is 5. The molecular formula is C25H28FNO5. The number of nitrogens with zero attached hydrogens (tertiary/aromatic N) is 1. The molecule has 32 heavy (non-hydrogen) atoms. The van der Waals surface area contributed by atoms with Crippen molar-refractivity contribution in [3.63, 3.8) is 0 Å². The van der Waals surface area contributed by atoms with Crippen LogP contribution in [0.5, 0.6) is 5.75 Å². The molecule has 0 bridgehead atoms. The molecule has 1 fully saturated rings. The van der Waals surface area contributed by atoms with Gasteiger partial charge in [0.1, 0.15) is 17.3 Å². The van der Waals surface area contributed by atoms with Crippen molar-refractivity contribution in [3.8, 4) is 5.75 Å². The summed E-state index contributed by atoms with van der Waals surface area (Å²) in [6, 6.07) is 11.5. The first kappa shape index (κ1) is 23.5. The second-order valence-corrected chi connectivity index (χ2v) is 7.62. The van der Waals surface area contributed by atoms with Crippen molar-refractivity contribution in [1.29, 1.82) is 0 Å². The summed E-state index contributed by atoms with van der Waals surface area (Å²) in [7, 11) is 1.51. The molecule has 2 aromatic carbocycles. The Kier molecular flexibility index (Phi) is 8.00. The number of rotatable bonds is 10. The summed E-state index contributed by atoms with van der Waals surface area (Å²) in [5.74, 6) is -1.70. The maximum absolute atomic E-state index is 13.3. The average Bonchev–Trinajstić information content (AvgIpc) is 3.05. The number of halogens is 1. The summed E-state index contributed by atoms with van der Waals surface area (Å²) >= 11 is 0. The third kappa shape index (κ3) is 5.16. The first-order valence-electron chi connectivity index (χ1n) is 10.7. The van der Waals surface area contributed by atoms with E-state index in [9.17, 15) is 19.1 Å². The largest absolute Gasteiger partial charge is 0.507 e.